The highest BCUT2D eigenvalue weighted by Gasteiger charge is 2.17. The average Bonchev–Trinajstić information content (AvgIpc) is 2.16. The van der Waals surface area contributed by atoms with Crippen molar-refractivity contribution in [1.29, 1.82) is 0 Å². The van der Waals surface area contributed by atoms with Crippen LogP contribution < -0.4 is 11.3 Å². The Morgan fingerprint density at radius 2 is 1.64 bits per heavy atom. The van der Waals surface area contributed by atoms with Crippen LogP contribution in [0.4, 0.5) is 8.78 Å². The van der Waals surface area contributed by atoms with E-state index in [9.17, 15) is 8.78 Å². The van der Waals surface area contributed by atoms with Crippen molar-refractivity contribution in [2.45, 2.75) is 64.3 Å². The Labute approximate surface area is 85.2 Å². The number of hydrazine groups is 1. The van der Waals surface area contributed by atoms with Crippen molar-refractivity contribution < 1.29 is 8.78 Å². The SMILES string of the molecule is CCCCCCCCC(NN)C(F)F. The molecule has 1 unspecified atom stereocenters. The van der Waals surface area contributed by atoms with Gasteiger partial charge in [0.1, 0.15) is 0 Å². The molecule has 0 spiro atoms. The molecule has 86 valence electrons. The van der Waals surface area contributed by atoms with Crippen LogP contribution in [0, 0.1) is 0 Å². The Morgan fingerprint density at radius 1 is 1.07 bits per heavy atom. The van der Waals surface area contributed by atoms with Gasteiger partial charge in [0.05, 0.1) is 6.04 Å². The minimum atomic E-state index is -2.35. The zero-order chi connectivity index (χ0) is 10.8. The number of hydrogen-bond acceptors (Lipinski definition) is 2. The number of rotatable bonds is 9. The van der Waals surface area contributed by atoms with Crippen LogP contribution in [-0.4, -0.2) is 12.5 Å². The summed E-state index contributed by atoms with van der Waals surface area (Å²) in [5.41, 5.74) is 2.15. The average molecular weight is 208 g/mol. The summed E-state index contributed by atoms with van der Waals surface area (Å²) in [7, 11) is 0. The van der Waals surface area contributed by atoms with Crippen LogP contribution in [0.5, 0.6) is 0 Å². The van der Waals surface area contributed by atoms with Gasteiger partial charge >= 0.3 is 0 Å². The molecule has 2 nitrogen and oxygen atoms in total. The molecule has 0 rings (SSSR count). The first-order chi connectivity index (χ1) is 6.72. The van der Waals surface area contributed by atoms with Crippen molar-refractivity contribution in [2.75, 3.05) is 0 Å². The zero-order valence-corrected chi connectivity index (χ0v) is 8.94. The molecule has 0 aromatic rings. The number of unbranched alkanes of at least 4 members (excludes halogenated alkanes) is 5. The molecule has 0 aromatic carbocycles. The third kappa shape index (κ3) is 7.21. The third-order valence-electron chi connectivity index (χ3n) is 2.39. The highest BCUT2D eigenvalue weighted by molar-refractivity contribution is 4.65. The normalized spacial score (nSPS) is 13.5. The molecule has 0 aromatic heterocycles. The van der Waals surface area contributed by atoms with E-state index in [1.165, 1.54) is 19.3 Å². The van der Waals surface area contributed by atoms with E-state index in [0.29, 0.717) is 6.42 Å². The van der Waals surface area contributed by atoms with Gasteiger partial charge in [-0.1, -0.05) is 45.4 Å². The molecule has 0 bridgehead atoms. The monoisotopic (exact) mass is 208 g/mol. The van der Waals surface area contributed by atoms with E-state index in [2.05, 4.69) is 12.3 Å². The first-order valence-corrected chi connectivity index (χ1v) is 5.46. The molecule has 0 saturated heterocycles. The first kappa shape index (κ1) is 13.8. The molecule has 3 N–H and O–H groups in total. The molecule has 0 aliphatic carbocycles. The van der Waals surface area contributed by atoms with Crippen molar-refractivity contribution in [2.24, 2.45) is 5.84 Å². The fraction of sp³-hybridized carbons (Fsp3) is 1.00. The number of alkyl halides is 2. The highest BCUT2D eigenvalue weighted by atomic mass is 19.3. The first-order valence-electron chi connectivity index (χ1n) is 5.46. The van der Waals surface area contributed by atoms with Gasteiger partial charge in [-0.3, -0.25) is 11.3 Å². The topological polar surface area (TPSA) is 38.0 Å². The summed E-state index contributed by atoms with van der Waals surface area (Å²) in [5.74, 6) is 5.01. The number of hydrogen-bond donors (Lipinski definition) is 2. The van der Waals surface area contributed by atoms with E-state index in [-0.39, 0.29) is 0 Å². The molecular weight excluding hydrogens is 186 g/mol. The van der Waals surface area contributed by atoms with Crippen molar-refractivity contribution >= 4 is 0 Å². The zero-order valence-electron chi connectivity index (χ0n) is 8.94. The van der Waals surface area contributed by atoms with Crippen LogP contribution in [-0.2, 0) is 0 Å². The summed E-state index contributed by atoms with van der Waals surface area (Å²) in [5, 5.41) is 0. The molecule has 0 aliphatic rings. The lowest BCUT2D eigenvalue weighted by molar-refractivity contribution is 0.0929. The predicted molar refractivity (Wildman–Crippen MR) is 55.1 cm³/mol. The maximum Gasteiger partial charge on any atom is 0.255 e. The van der Waals surface area contributed by atoms with Gasteiger partial charge in [-0.05, 0) is 6.42 Å². The Hall–Kier alpha value is -0.220. The third-order valence-corrected chi connectivity index (χ3v) is 2.39. The van der Waals surface area contributed by atoms with Crippen molar-refractivity contribution in [3.05, 3.63) is 0 Å². The van der Waals surface area contributed by atoms with Crippen LogP contribution >= 0.6 is 0 Å². The molecule has 1 atom stereocenters. The van der Waals surface area contributed by atoms with Crippen molar-refractivity contribution in [3.8, 4) is 0 Å². The van der Waals surface area contributed by atoms with Gasteiger partial charge in [0, 0.05) is 0 Å². The van der Waals surface area contributed by atoms with E-state index in [4.69, 9.17) is 5.84 Å². The highest BCUT2D eigenvalue weighted by Crippen LogP contribution is 2.11. The largest absolute Gasteiger partial charge is 0.271 e. The van der Waals surface area contributed by atoms with Gasteiger partial charge in [0.15, 0.2) is 0 Å². The quantitative estimate of drug-likeness (QED) is 0.347. The van der Waals surface area contributed by atoms with Gasteiger partial charge in [-0.25, -0.2) is 8.78 Å². The van der Waals surface area contributed by atoms with Gasteiger partial charge in [-0.2, -0.15) is 0 Å². The lowest BCUT2D eigenvalue weighted by atomic mass is 10.1. The second-order valence-electron chi connectivity index (χ2n) is 3.66. The fourth-order valence-corrected chi connectivity index (χ4v) is 1.43. The number of nitrogens with two attached hydrogens (primary N) is 1. The molecule has 14 heavy (non-hydrogen) atoms. The minimum Gasteiger partial charge on any atom is -0.271 e. The van der Waals surface area contributed by atoms with E-state index < -0.39 is 12.5 Å². The van der Waals surface area contributed by atoms with Crippen LogP contribution in [0.25, 0.3) is 0 Å². The van der Waals surface area contributed by atoms with Crippen LogP contribution in [0.1, 0.15) is 51.9 Å². The Bertz CT molecular complexity index is 121. The summed E-state index contributed by atoms with van der Waals surface area (Å²) >= 11 is 0. The summed E-state index contributed by atoms with van der Waals surface area (Å²) in [6.07, 6.45) is 4.81. The summed E-state index contributed by atoms with van der Waals surface area (Å²) in [4.78, 5) is 0. The predicted octanol–water partition coefficient (Wildman–Crippen LogP) is 2.83. The lowest BCUT2D eigenvalue weighted by Gasteiger charge is -2.13. The molecule has 0 heterocycles. The summed E-state index contributed by atoms with van der Waals surface area (Å²) in [6, 6.07) is -0.832. The minimum absolute atomic E-state index is 0.473. The maximum atomic E-state index is 12.2. The van der Waals surface area contributed by atoms with Gasteiger partial charge < -0.3 is 0 Å². The Kier molecular flexibility index (Phi) is 9.19. The van der Waals surface area contributed by atoms with E-state index >= 15 is 0 Å². The lowest BCUT2D eigenvalue weighted by Crippen LogP contribution is -2.40. The molecule has 0 radical (unpaired) electrons. The number of nitrogens with one attached hydrogen (secondary N) is 1. The smallest absolute Gasteiger partial charge is 0.255 e. The van der Waals surface area contributed by atoms with Crippen LogP contribution in [0.3, 0.4) is 0 Å². The van der Waals surface area contributed by atoms with E-state index in [0.717, 1.165) is 19.3 Å². The molecule has 0 saturated carbocycles. The van der Waals surface area contributed by atoms with Crippen molar-refractivity contribution in [1.82, 2.24) is 5.43 Å². The maximum absolute atomic E-state index is 12.2. The Morgan fingerprint density at radius 3 is 2.14 bits per heavy atom. The second-order valence-corrected chi connectivity index (χ2v) is 3.66. The van der Waals surface area contributed by atoms with Crippen LogP contribution in [0.15, 0.2) is 0 Å². The molecular formula is C10H22F2N2. The summed E-state index contributed by atoms with van der Waals surface area (Å²) in [6.45, 7) is 2.16. The fourth-order valence-electron chi connectivity index (χ4n) is 1.43. The van der Waals surface area contributed by atoms with E-state index in [1.54, 1.807) is 0 Å². The van der Waals surface area contributed by atoms with E-state index in [1.807, 2.05) is 0 Å². The molecule has 0 amide bonds. The van der Waals surface area contributed by atoms with Crippen molar-refractivity contribution in [3.63, 3.8) is 0 Å². The molecule has 0 aliphatic heterocycles. The second kappa shape index (κ2) is 9.34. The molecule has 0 fully saturated rings. The standard InChI is InChI=1S/C10H22F2N2/c1-2-3-4-5-6-7-8-9(14-13)10(11)12/h9-10,14H,2-8,13H2,1H3. The summed E-state index contributed by atoms with van der Waals surface area (Å²) < 4.78 is 24.4. The molecule has 4 heteroatoms. The van der Waals surface area contributed by atoms with Gasteiger partial charge in [0.2, 0.25) is 0 Å². The Balaban J connectivity index is 3.25. The number of halogens is 2. The van der Waals surface area contributed by atoms with Crippen LogP contribution in [0.2, 0.25) is 0 Å². The van der Waals surface area contributed by atoms with Gasteiger partial charge in [0.25, 0.3) is 6.43 Å². The van der Waals surface area contributed by atoms with Gasteiger partial charge in [-0.15, -0.1) is 0 Å².